The Balaban J connectivity index is 1.47. The van der Waals surface area contributed by atoms with Crippen LogP contribution in [-0.2, 0) is 28.6 Å². The normalized spacial score (nSPS) is 31.4. The van der Waals surface area contributed by atoms with Crippen molar-refractivity contribution in [3.63, 3.8) is 0 Å². The van der Waals surface area contributed by atoms with E-state index in [1.165, 1.54) is 19.1 Å². The number of ketones is 1. The minimum Gasteiger partial charge on any atom is -0.461 e. The van der Waals surface area contributed by atoms with Gasteiger partial charge in [0, 0.05) is 29.7 Å². The number of para-hydroxylation sites is 2. The Morgan fingerprint density at radius 3 is 2.31 bits per heavy atom. The molecule has 52 heavy (non-hydrogen) atoms. The summed E-state index contributed by atoms with van der Waals surface area (Å²) >= 11 is 0. The number of hydrogen-bond acceptors (Lipinski definition) is 10. The van der Waals surface area contributed by atoms with Crippen molar-refractivity contribution >= 4 is 41.0 Å². The van der Waals surface area contributed by atoms with Crippen LogP contribution < -0.4 is 11.1 Å². The first-order valence-electron chi connectivity index (χ1n) is 17.6. The van der Waals surface area contributed by atoms with E-state index in [0.717, 1.165) is 0 Å². The van der Waals surface area contributed by atoms with Crippen LogP contribution in [0.1, 0.15) is 75.6 Å². The van der Waals surface area contributed by atoms with Gasteiger partial charge in [-0.1, -0.05) is 63.3 Å². The number of fused-ring (bicyclic) bond motifs is 3. The third-order valence-electron chi connectivity index (χ3n) is 11.9. The lowest BCUT2D eigenvalue weighted by atomic mass is 9.59. The van der Waals surface area contributed by atoms with E-state index < -0.39 is 58.9 Å². The number of aliphatic hydroxyl groups is 1. The van der Waals surface area contributed by atoms with E-state index in [0.29, 0.717) is 12.0 Å². The van der Waals surface area contributed by atoms with Crippen LogP contribution in [0.3, 0.4) is 0 Å². The van der Waals surface area contributed by atoms with Gasteiger partial charge in [-0.15, -0.1) is 0 Å². The molecule has 4 aliphatic carbocycles. The lowest BCUT2D eigenvalue weighted by Crippen LogP contribution is -2.66. The molecule has 11 heteroatoms. The van der Waals surface area contributed by atoms with Gasteiger partial charge >= 0.3 is 17.9 Å². The summed E-state index contributed by atoms with van der Waals surface area (Å²) in [5.41, 5.74) is 3.26. The van der Waals surface area contributed by atoms with Gasteiger partial charge in [-0.25, -0.2) is 9.59 Å². The fraction of sp³-hybridized carbons (Fsp3) is 0.439. The van der Waals surface area contributed by atoms with Gasteiger partial charge < -0.3 is 30.4 Å². The molecule has 2 fully saturated rings. The summed E-state index contributed by atoms with van der Waals surface area (Å²) in [7, 11) is 0. The van der Waals surface area contributed by atoms with Crippen LogP contribution in [0.2, 0.25) is 0 Å². The number of hydrogen-bond donors (Lipinski definition) is 3. The number of anilines is 2. The molecule has 274 valence electrons. The van der Waals surface area contributed by atoms with Gasteiger partial charge in [-0.05, 0) is 80.2 Å². The molecule has 2 aromatic rings. The van der Waals surface area contributed by atoms with Crippen molar-refractivity contribution in [3.8, 4) is 0 Å². The SMILES string of the molecule is C/C=C(\C)C(=O)O[C@@H]1C(COC(C)=O)=C[C@@H]2C(=O)[C@]3(C=C(C)[C@H](OC(=O)c4ccccc4NC(=O)c4ccccc4N)[C@@]13O)[C@H](C)C[C@@H]1[C@H]2C1(C)C. The highest BCUT2D eigenvalue weighted by Gasteiger charge is 2.77. The number of nitrogens with two attached hydrogens (primary N) is 1. The van der Waals surface area contributed by atoms with Crippen LogP contribution >= 0.6 is 0 Å². The number of benzene rings is 2. The van der Waals surface area contributed by atoms with Crippen molar-refractivity contribution in [2.24, 2.45) is 34.5 Å². The molecule has 11 nitrogen and oxygen atoms in total. The average Bonchev–Trinajstić information content (AvgIpc) is 3.60. The first-order valence-corrected chi connectivity index (χ1v) is 17.6. The summed E-state index contributed by atoms with van der Waals surface area (Å²) in [6.07, 6.45) is 2.50. The van der Waals surface area contributed by atoms with Crippen LogP contribution in [0.5, 0.6) is 0 Å². The van der Waals surface area contributed by atoms with E-state index in [4.69, 9.17) is 19.9 Å². The number of esters is 3. The third-order valence-corrected chi connectivity index (χ3v) is 11.9. The maximum absolute atomic E-state index is 15.2. The molecular weight excluding hydrogens is 664 g/mol. The predicted molar refractivity (Wildman–Crippen MR) is 193 cm³/mol. The topological polar surface area (TPSA) is 171 Å². The van der Waals surface area contributed by atoms with Crippen LogP contribution in [0, 0.1) is 34.5 Å². The lowest BCUT2D eigenvalue weighted by Gasteiger charge is -2.49. The van der Waals surface area contributed by atoms with Crippen molar-refractivity contribution in [3.05, 3.63) is 94.6 Å². The molecule has 8 atom stereocenters. The number of rotatable bonds is 8. The smallest absolute Gasteiger partial charge is 0.340 e. The summed E-state index contributed by atoms with van der Waals surface area (Å²) < 4.78 is 17.9. The molecule has 0 aliphatic heterocycles. The van der Waals surface area contributed by atoms with Gasteiger partial charge in [0.05, 0.1) is 22.2 Å². The van der Waals surface area contributed by atoms with Crippen molar-refractivity contribution in [2.75, 3.05) is 17.7 Å². The lowest BCUT2D eigenvalue weighted by molar-refractivity contribution is -0.203. The second kappa shape index (κ2) is 13.2. The molecule has 1 amide bonds. The summed E-state index contributed by atoms with van der Waals surface area (Å²) in [4.78, 5) is 68.4. The van der Waals surface area contributed by atoms with E-state index in [1.807, 2.05) is 6.92 Å². The second-order valence-electron chi connectivity index (χ2n) is 15.2. The first kappa shape index (κ1) is 36.8. The number of nitrogens with one attached hydrogen (secondary N) is 1. The summed E-state index contributed by atoms with van der Waals surface area (Å²) in [5.74, 6) is -4.18. The number of carbonyl (C=O) groups is 5. The molecule has 0 saturated heterocycles. The molecule has 0 unspecified atom stereocenters. The Morgan fingerprint density at radius 1 is 1.00 bits per heavy atom. The molecule has 2 aromatic carbocycles. The van der Waals surface area contributed by atoms with Gasteiger partial charge in [0.2, 0.25) is 0 Å². The Labute approximate surface area is 303 Å². The first-order chi connectivity index (χ1) is 24.5. The molecule has 2 saturated carbocycles. The monoisotopic (exact) mass is 710 g/mol. The maximum Gasteiger partial charge on any atom is 0.340 e. The van der Waals surface area contributed by atoms with Crippen molar-refractivity contribution < 1.29 is 43.3 Å². The largest absolute Gasteiger partial charge is 0.461 e. The van der Waals surface area contributed by atoms with Gasteiger partial charge in [0.1, 0.15) is 6.61 Å². The molecule has 4 N–H and O–H groups in total. The molecule has 6 rings (SSSR count). The summed E-state index contributed by atoms with van der Waals surface area (Å²) in [5, 5.41) is 16.2. The summed E-state index contributed by atoms with van der Waals surface area (Å²) in [6, 6.07) is 12.7. The van der Waals surface area contributed by atoms with Crippen molar-refractivity contribution in [1.29, 1.82) is 0 Å². The average molecular weight is 711 g/mol. The van der Waals surface area contributed by atoms with Crippen LogP contribution in [0.15, 0.2) is 83.5 Å². The second-order valence-corrected chi connectivity index (χ2v) is 15.2. The number of nitrogen functional groups attached to an aromatic ring is 1. The Morgan fingerprint density at radius 2 is 1.65 bits per heavy atom. The maximum atomic E-state index is 15.2. The number of amides is 1. The zero-order valence-corrected chi connectivity index (χ0v) is 30.5. The number of carbonyl (C=O) groups excluding carboxylic acids is 5. The zero-order chi connectivity index (χ0) is 37.9. The molecule has 0 radical (unpaired) electrons. The number of allylic oxidation sites excluding steroid dienone is 2. The molecule has 1 spiro atoms. The van der Waals surface area contributed by atoms with Crippen LogP contribution in [0.4, 0.5) is 11.4 Å². The van der Waals surface area contributed by atoms with E-state index >= 15 is 4.79 Å². The minimum absolute atomic E-state index is 0.0218. The molecule has 0 aromatic heterocycles. The highest BCUT2D eigenvalue weighted by atomic mass is 16.6. The van der Waals surface area contributed by atoms with E-state index in [1.54, 1.807) is 75.4 Å². The third kappa shape index (κ3) is 5.66. The van der Waals surface area contributed by atoms with E-state index in [2.05, 4.69) is 19.2 Å². The van der Waals surface area contributed by atoms with Crippen LogP contribution in [0.25, 0.3) is 0 Å². The van der Waals surface area contributed by atoms with Crippen LogP contribution in [-0.4, -0.2) is 59.1 Å². The summed E-state index contributed by atoms with van der Waals surface area (Å²) in [6.45, 7) is 11.9. The number of ether oxygens (including phenoxy) is 3. The molecule has 2 bridgehead atoms. The predicted octanol–water partition coefficient (Wildman–Crippen LogP) is 5.60. The van der Waals surface area contributed by atoms with E-state index in [-0.39, 0.29) is 63.3 Å². The van der Waals surface area contributed by atoms with Gasteiger partial charge in [-0.2, -0.15) is 0 Å². The molecule has 0 heterocycles. The Bertz CT molecular complexity index is 1960. The fourth-order valence-electron chi connectivity index (χ4n) is 9.06. The van der Waals surface area contributed by atoms with Gasteiger partial charge in [0.15, 0.2) is 23.6 Å². The molecular formula is C41H46N2O9. The van der Waals surface area contributed by atoms with Crippen molar-refractivity contribution in [1.82, 2.24) is 0 Å². The Hall–Kier alpha value is -5.03. The van der Waals surface area contributed by atoms with Gasteiger partial charge in [0.25, 0.3) is 5.91 Å². The van der Waals surface area contributed by atoms with Gasteiger partial charge in [-0.3, -0.25) is 14.4 Å². The van der Waals surface area contributed by atoms with Crippen molar-refractivity contribution in [2.45, 2.75) is 72.7 Å². The van der Waals surface area contributed by atoms with E-state index in [9.17, 15) is 24.3 Å². The number of Topliss-reactive ketones (excluding diaryl/α,β-unsaturated/α-hetero) is 1. The Kier molecular flexibility index (Phi) is 9.32. The fourth-order valence-corrected chi connectivity index (χ4v) is 9.06. The highest BCUT2D eigenvalue weighted by Crippen LogP contribution is 2.72. The standard InChI is InChI=1S/C41H46N2O9/c1-8-21(2)37(47)52-35-25(20-50-24(5)44)18-28-32-29(39(32,6)7)17-23(4)40(33(28)45)19-22(3)34(41(35,40)49)51-38(48)27-14-10-12-16-31(27)43-36(46)26-13-9-11-15-30(26)42/h8-16,18-19,23,28-29,32,34-35,49H,17,20,42H2,1-7H3,(H,43,46)/b21-8+/t23-,28+,29-,32+,34+,35-,40+,41-/m1/s1. The highest BCUT2D eigenvalue weighted by molar-refractivity contribution is 6.10. The minimum atomic E-state index is -2.36. The zero-order valence-electron chi connectivity index (χ0n) is 30.5. The molecule has 4 aliphatic rings. The quantitative estimate of drug-likeness (QED) is 0.103.